The fourth-order valence-corrected chi connectivity index (χ4v) is 3.13. The van der Waals surface area contributed by atoms with Crippen LogP contribution in [0, 0.1) is 16.0 Å². The van der Waals surface area contributed by atoms with Crippen molar-refractivity contribution in [1.82, 2.24) is 4.98 Å². The third-order valence-corrected chi connectivity index (χ3v) is 4.21. The van der Waals surface area contributed by atoms with Crippen LogP contribution in [0.5, 0.6) is 0 Å². The van der Waals surface area contributed by atoms with Crippen molar-refractivity contribution in [1.29, 1.82) is 5.26 Å². The van der Waals surface area contributed by atoms with Crippen LogP contribution >= 0.6 is 12.2 Å². The lowest BCUT2D eigenvalue weighted by atomic mass is 9.90. The maximum Gasteiger partial charge on any atom is 0.122 e. The van der Waals surface area contributed by atoms with Gasteiger partial charge in [-0.15, -0.1) is 0 Å². The van der Waals surface area contributed by atoms with Gasteiger partial charge in [-0.05, 0) is 36.8 Å². The van der Waals surface area contributed by atoms with E-state index in [0.717, 1.165) is 24.0 Å². The standard InChI is InChI=1S/C18H16N2S/c19-12-16-14(11-10-13-6-2-1-3-7-13)15-8-4-5-9-17(15)20-18(16)21/h1-3,6-7,10-11H,4-5,8-9H2,(H,20,21). The topological polar surface area (TPSA) is 39.6 Å². The van der Waals surface area contributed by atoms with E-state index in [1.54, 1.807) is 0 Å². The summed E-state index contributed by atoms with van der Waals surface area (Å²) in [5.41, 5.74) is 5.19. The molecule has 0 atom stereocenters. The molecule has 0 unspecified atom stereocenters. The van der Waals surface area contributed by atoms with E-state index >= 15 is 0 Å². The number of H-pyrrole nitrogens is 1. The summed E-state index contributed by atoms with van der Waals surface area (Å²) in [6.45, 7) is 0. The quantitative estimate of drug-likeness (QED) is 0.817. The molecule has 104 valence electrons. The number of benzene rings is 1. The number of fused-ring (bicyclic) bond motifs is 1. The highest BCUT2D eigenvalue weighted by Crippen LogP contribution is 2.27. The van der Waals surface area contributed by atoms with Crippen molar-refractivity contribution in [3.8, 4) is 6.07 Å². The number of pyridine rings is 1. The van der Waals surface area contributed by atoms with Gasteiger partial charge in [0.05, 0.1) is 5.56 Å². The minimum Gasteiger partial charge on any atom is -0.349 e. The Labute approximate surface area is 129 Å². The van der Waals surface area contributed by atoms with Crippen LogP contribution in [-0.4, -0.2) is 4.98 Å². The predicted octanol–water partition coefficient (Wildman–Crippen LogP) is 4.67. The van der Waals surface area contributed by atoms with Gasteiger partial charge in [0.2, 0.25) is 0 Å². The summed E-state index contributed by atoms with van der Waals surface area (Å²) in [5, 5.41) is 9.43. The molecule has 1 aliphatic rings. The molecule has 0 aliphatic heterocycles. The molecular formula is C18H16N2S. The Bertz CT molecular complexity index is 779. The van der Waals surface area contributed by atoms with Crippen LogP contribution in [0.2, 0.25) is 0 Å². The van der Waals surface area contributed by atoms with E-state index in [4.69, 9.17) is 12.2 Å². The number of nitrogens with zero attached hydrogens (tertiary/aromatic N) is 1. The minimum absolute atomic E-state index is 0.561. The van der Waals surface area contributed by atoms with E-state index < -0.39 is 0 Å². The molecule has 3 heteroatoms. The molecule has 0 bridgehead atoms. The number of aromatic nitrogens is 1. The maximum absolute atomic E-state index is 9.43. The molecule has 1 aromatic carbocycles. The van der Waals surface area contributed by atoms with Crippen LogP contribution in [0.3, 0.4) is 0 Å². The van der Waals surface area contributed by atoms with Gasteiger partial charge in [-0.3, -0.25) is 0 Å². The molecular weight excluding hydrogens is 276 g/mol. The summed E-state index contributed by atoms with van der Waals surface area (Å²) >= 11 is 5.34. The fraction of sp³-hybridized carbons (Fsp3) is 0.222. The Morgan fingerprint density at radius 1 is 1.10 bits per heavy atom. The Balaban J connectivity index is 2.12. The number of hydrogen-bond acceptors (Lipinski definition) is 2. The zero-order chi connectivity index (χ0) is 14.7. The van der Waals surface area contributed by atoms with Gasteiger partial charge in [0.25, 0.3) is 0 Å². The smallest absolute Gasteiger partial charge is 0.122 e. The molecule has 21 heavy (non-hydrogen) atoms. The van der Waals surface area contributed by atoms with E-state index in [1.807, 2.05) is 24.3 Å². The number of hydrogen-bond donors (Lipinski definition) is 1. The van der Waals surface area contributed by atoms with Gasteiger partial charge < -0.3 is 4.98 Å². The number of nitrogens with one attached hydrogen (secondary N) is 1. The lowest BCUT2D eigenvalue weighted by molar-refractivity contribution is 0.665. The van der Waals surface area contributed by atoms with E-state index in [1.165, 1.54) is 24.1 Å². The molecule has 0 saturated carbocycles. The lowest BCUT2D eigenvalue weighted by Gasteiger charge is -2.19. The minimum atomic E-state index is 0.561. The number of aryl methyl sites for hydroxylation is 1. The monoisotopic (exact) mass is 292 g/mol. The lowest BCUT2D eigenvalue weighted by Crippen LogP contribution is -2.09. The molecule has 2 nitrogen and oxygen atoms in total. The molecule has 2 aromatic rings. The number of aromatic amines is 1. The van der Waals surface area contributed by atoms with Crippen LogP contribution in [0.4, 0.5) is 0 Å². The van der Waals surface area contributed by atoms with Crippen molar-refractivity contribution < 1.29 is 0 Å². The van der Waals surface area contributed by atoms with Gasteiger partial charge in [0.15, 0.2) is 0 Å². The molecule has 0 saturated heterocycles. The van der Waals surface area contributed by atoms with Gasteiger partial charge in [0.1, 0.15) is 10.7 Å². The Morgan fingerprint density at radius 3 is 2.62 bits per heavy atom. The largest absolute Gasteiger partial charge is 0.349 e. The first-order valence-electron chi connectivity index (χ1n) is 7.21. The van der Waals surface area contributed by atoms with Crippen LogP contribution in [0.15, 0.2) is 30.3 Å². The normalized spacial score (nSPS) is 13.9. The number of rotatable bonds is 2. The second kappa shape index (κ2) is 6.07. The average Bonchev–Trinajstić information content (AvgIpc) is 2.53. The Hall–Kier alpha value is -2.18. The number of nitriles is 1. The summed E-state index contributed by atoms with van der Waals surface area (Å²) < 4.78 is 0.561. The van der Waals surface area contributed by atoms with Crippen molar-refractivity contribution >= 4 is 24.4 Å². The summed E-state index contributed by atoms with van der Waals surface area (Å²) in [6.07, 6.45) is 8.50. The van der Waals surface area contributed by atoms with Crippen molar-refractivity contribution in [3.63, 3.8) is 0 Å². The van der Waals surface area contributed by atoms with Crippen molar-refractivity contribution in [2.45, 2.75) is 25.7 Å². The van der Waals surface area contributed by atoms with E-state index in [0.29, 0.717) is 10.2 Å². The predicted molar refractivity (Wildman–Crippen MR) is 88.4 cm³/mol. The highest BCUT2D eigenvalue weighted by molar-refractivity contribution is 7.71. The molecule has 1 heterocycles. The van der Waals surface area contributed by atoms with Gasteiger partial charge in [0, 0.05) is 11.3 Å². The third kappa shape index (κ3) is 2.81. The molecule has 1 aliphatic carbocycles. The highest BCUT2D eigenvalue weighted by Gasteiger charge is 2.16. The Morgan fingerprint density at radius 2 is 1.86 bits per heavy atom. The van der Waals surface area contributed by atoms with Crippen LogP contribution in [-0.2, 0) is 12.8 Å². The summed E-state index contributed by atoms with van der Waals surface area (Å²) in [4.78, 5) is 3.24. The molecule has 0 amide bonds. The third-order valence-electron chi connectivity index (χ3n) is 3.91. The van der Waals surface area contributed by atoms with Crippen LogP contribution in [0.1, 0.15) is 40.8 Å². The van der Waals surface area contributed by atoms with E-state index in [9.17, 15) is 5.26 Å². The van der Waals surface area contributed by atoms with E-state index in [-0.39, 0.29) is 0 Å². The van der Waals surface area contributed by atoms with E-state index in [2.05, 4.69) is 29.3 Å². The second-order valence-electron chi connectivity index (χ2n) is 5.26. The Kier molecular flexibility index (Phi) is 3.98. The SMILES string of the molecule is N#Cc1c(C=Cc2ccccc2)c2c([nH]c1=S)CCCC2. The fourth-order valence-electron chi connectivity index (χ4n) is 2.85. The van der Waals surface area contributed by atoms with Gasteiger partial charge in [-0.25, -0.2) is 0 Å². The summed E-state index contributed by atoms with van der Waals surface area (Å²) in [5.74, 6) is 0. The van der Waals surface area contributed by atoms with Crippen molar-refractivity contribution in [3.05, 3.63) is 62.9 Å². The first-order valence-corrected chi connectivity index (χ1v) is 7.61. The van der Waals surface area contributed by atoms with Gasteiger partial charge in [-0.2, -0.15) is 5.26 Å². The molecule has 0 fully saturated rings. The zero-order valence-electron chi connectivity index (χ0n) is 11.7. The molecule has 1 N–H and O–H groups in total. The van der Waals surface area contributed by atoms with Gasteiger partial charge in [-0.1, -0.05) is 54.7 Å². The molecule has 0 radical (unpaired) electrons. The summed E-state index contributed by atoms with van der Waals surface area (Å²) in [7, 11) is 0. The first-order chi connectivity index (χ1) is 10.3. The summed E-state index contributed by atoms with van der Waals surface area (Å²) in [6, 6.07) is 12.4. The zero-order valence-corrected chi connectivity index (χ0v) is 12.5. The van der Waals surface area contributed by atoms with Gasteiger partial charge >= 0.3 is 0 Å². The second-order valence-corrected chi connectivity index (χ2v) is 5.67. The molecule has 3 rings (SSSR count). The maximum atomic E-state index is 9.43. The molecule has 0 spiro atoms. The van der Waals surface area contributed by atoms with Crippen LogP contribution < -0.4 is 0 Å². The van der Waals surface area contributed by atoms with Crippen molar-refractivity contribution in [2.75, 3.05) is 0 Å². The first kappa shape index (κ1) is 13.8. The highest BCUT2D eigenvalue weighted by atomic mass is 32.1. The van der Waals surface area contributed by atoms with Crippen molar-refractivity contribution in [2.24, 2.45) is 0 Å². The molecule has 1 aromatic heterocycles. The average molecular weight is 292 g/mol. The van der Waals surface area contributed by atoms with Crippen LogP contribution in [0.25, 0.3) is 12.2 Å².